The minimum absolute atomic E-state index is 0.113. The molecule has 0 aromatic heterocycles. The van der Waals surface area contributed by atoms with Crippen molar-refractivity contribution in [2.24, 2.45) is 5.73 Å². The smallest absolute Gasteiger partial charge is 0.140 e. The molecule has 0 aliphatic heterocycles. The standard InChI is InChI=1S/C12H15BrFN/c13-10-6-3-5-9(12(10)14)8-4-1-2-7-11(8)15/h3,5-6,8,11H,1-2,4,7,15H2. The summed E-state index contributed by atoms with van der Waals surface area (Å²) in [7, 11) is 0. The molecule has 1 nitrogen and oxygen atoms in total. The average Bonchev–Trinajstić information content (AvgIpc) is 2.23. The summed E-state index contributed by atoms with van der Waals surface area (Å²) in [5.74, 6) is 0.0519. The van der Waals surface area contributed by atoms with Gasteiger partial charge >= 0.3 is 0 Å². The van der Waals surface area contributed by atoms with Crippen LogP contribution in [0.1, 0.15) is 37.2 Å². The van der Waals surface area contributed by atoms with Gasteiger partial charge in [-0.25, -0.2) is 4.39 Å². The average molecular weight is 272 g/mol. The highest BCUT2D eigenvalue weighted by molar-refractivity contribution is 9.10. The van der Waals surface area contributed by atoms with Crippen LogP contribution in [0.4, 0.5) is 4.39 Å². The van der Waals surface area contributed by atoms with Gasteiger partial charge in [0.2, 0.25) is 0 Å². The molecule has 2 unspecified atom stereocenters. The molecule has 0 radical (unpaired) electrons. The van der Waals surface area contributed by atoms with E-state index >= 15 is 0 Å². The number of nitrogens with two attached hydrogens (primary N) is 1. The Bertz CT molecular complexity index is 353. The molecule has 0 saturated heterocycles. The second kappa shape index (κ2) is 4.62. The Morgan fingerprint density at radius 2 is 2.00 bits per heavy atom. The minimum Gasteiger partial charge on any atom is -0.327 e. The van der Waals surface area contributed by atoms with E-state index in [1.165, 1.54) is 6.42 Å². The highest BCUT2D eigenvalue weighted by atomic mass is 79.9. The second-order valence-corrected chi connectivity index (χ2v) is 5.05. The van der Waals surface area contributed by atoms with E-state index in [1.54, 1.807) is 6.07 Å². The van der Waals surface area contributed by atoms with Crippen molar-refractivity contribution in [2.45, 2.75) is 37.6 Å². The topological polar surface area (TPSA) is 26.0 Å². The normalized spacial score (nSPS) is 26.6. The van der Waals surface area contributed by atoms with Gasteiger partial charge in [0, 0.05) is 12.0 Å². The van der Waals surface area contributed by atoms with Crippen molar-refractivity contribution in [1.29, 1.82) is 0 Å². The molecule has 0 bridgehead atoms. The molecule has 82 valence electrons. The SMILES string of the molecule is NC1CCCCC1c1cccc(Br)c1F. The van der Waals surface area contributed by atoms with E-state index in [1.807, 2.05) is 12.1 Å². The van der Waals surface area contributed by atoms with Crippen molar-refractivity contribution in [1.82, 2.24) is 0 Å². The first-order chi connectivity index (χ1) is 7.20. The molecule has 0 heterocycles. The van der Waals surface area contributed by atoms with Crippen LogP contribution >= 0.6 is 15.9 Å². The number of hydrogen-bond donors (Lipinski definition) is 1. The Morgan fingerprint density at radius 3 is 2.73 bits per heavy atom. The van der Waals surface area contributed by atoms with E-state index in [4.69, 9.17) is 5.73 Å². The summed E-state index contributed by atoms with van der Waals surface area (Å²) < 4.78 is 14.4. The van der Waals surface area contributed by atoms with Crippen LogP contribution in [-0.2, 0) is 0 Å². The fraction of sp³-hybridized carbons (Fsp3) is 0.500. The van der Waals surface area contributed by atoms with E-state index in [0.29, 0.717) is 4.47 Å². The quantitative estimate of drug-likeness (QED) is 0.831. The zero-order valence-electron chi connectivity index (χ0n) is 8.55. The van der Waals surface area contributed by atoms with Crippen molar-refractivity contribution < 1.29 is 4.39 Å². The van der Waals surface area contributed by atoms with Gasteiger partial charge in [0.1, 0.15) is 5.82 Å². The Labute approximate surface area is 98.0 Å². The summed E-state index contributed by atoms with van der Waals surface area (Å²) in [6.45, 7) is 0. The molecule has 1 fully saturated rings. The molecule has 2 atom stereocenters. The molecule has 1 saturated carbocycles. The number of halogens is 2. The maximum atomic E-state index is 13.9. The van der Waals surface area contributed by atoms with Gasteiger partial charge in [0.15, 0.2) is 0 Å². The van der Waals surface area contributed by atoms with Crippen molar-refractivity contribution in [3.05, 3.63) is 34.1 Å². The van der Waals surface area contributed by atoms with E-state index in [-0.39, 0.29) is 17.8 Å². The molecule has 1 aliphatic carbocycles. The van der Waals surface area contributed by atoms with Crippen LogP contribution in [0.3, 0.4) is 0 Å². The van der Waals surface area contributed by atoms with Crippen LogP contribution in [0.2, 0.25) is 0 Å². The predicted molar refractivity (Wildman–Crippen MR) is 63.3 cm³/mol. The van der Waals surface area contributed by atoms with Gasteiger partial charge < -0.3 is 5.73 Å². The van der Waals surface area contributed by atoms with E-state index < -0.39 is 0 Å². The van der Waals surface area contributed by atoms with Crippen molar-refractivity contribution in [2.75, 3.05) is 0 Å². The van der Waals surface area contributed by atoms with Crippen molar-refractivity contribution >= 4 is 15.9 Å². The number of rotatable bonds is 1. The van der Waals surface area contributed by atoms with Gasteiger partial charge in [-0.05, 0) is 40.4 Å². The molecule has 0 spiro atoms. The monoisotopic (exact) mass is 271 g/mol. The Morgan fingerprint density at radius 1 is 1.27 bits per heavy atom. The molecule has 1 aromatic carbocycles. The first-order valence-corrected chi connectivity index (χ1v) is 6.19. The van der Waals surface area contributed by atoms with Crippen LogP contribution in [0.5, 0.6) is 0 Å². The molecule has 2 rings (SSSR count). The van der Waals surface area contributed by atoms with Crippen LogP contribution in [0.15, 0.2) is 22.7 Å². The third-order valence-corrected chi connectivity index (χ3v) is 3.81. The highest BCUT2D eigenvalue weighted by Gasteiger charge is 2.26. The molecule has 2 N–H and O–H groups in total. The van der Waals surface area contributed by atoms with Crippen molar-refractivity contribution in [3.8, 4) is 0 Å². The number of hydrogen-bond acceptors (Lipinski definition) is 1. The summed E-state index contributed by atoms with van der Waals surface area (Å²) >= 11 is 3.22. The van der Waals surface area contributed by atoms with Gasteiger partial charge in [0.05, 0.1) is 4.47 Å². The van der Waals surface area contributed by atoms with Gasteiger partial charge in [-0.3, -0.25) is 0 Å². The molecule has 3 heteroatoms. The Kier molecular flexibility index (Phi) is 3.42. The third-order valence-electron chi connectivity index (χ3n) is 3.20. The fourth-order valence-corrected chi connectivity index (χ4v) is 2.73. The van der Waals surface area contributed by atoms with Crippen LogP contribution < -0.4 is 5.73 Å². The van der Waals surface area contributed by atoms with Gasteiger partial charge in [0.25, 0.3) is 0 Å². The maximum absolute atomic E-state index is 13.9. The minimum atomic E-state index is -0.139. The zero-order valence-corrected chi connectivity index (χ0v) is 10.1. The first kappa shape index (κ1) is 11.1. The van der Waals surface area contributed by atoms with Crippen LogP contribution in [0.25, 0.3) is 0 Å². The lowest BCUT2D eigenvalue weighted by molar-refractivity contribution is 0.375. The van der Waals surface area contributed by atoms with Crippen molar-refractivity contribution in [3.63, 3.8) is 0 Å². The molecule has 0 amide bonds. The zero-order chi connectivity index (χ0) is 10.8. The summed E-state index contributed by atoms with van der Waals surface area (Å²) in [6.07, 6.45) is 4.35. The van der Waals surface area contributed by atoms with E-state index in [0.717, 1.165) is 24.8 Å². The highest BCUT2D eigenvalue weighted by Crippen LogP contribution is 2.34. The summed E-state index contributed by atoms with van der Waals surface area (Å²) in [6, 6.07) is 5.58. The Hall–Kier alpha value is -0.410. The largest absolute Gasteiger partial charge is 0.327 e. The summed E-state index contributed by atoms with van der Waals surface area (Å²) in [5.41, 5.74) is 6.82. The molecular weight excluding hydrogens is 257 g/mol. The Balaban J connectivity index is 2.31. The summed E-state index contributed by atoms with van der Waals surface area (Å²) in [5, 5.41) is 0. The molecule has 1 aliphatic rings. The first-order valence-electron chi connectivity index (χ1n) is 5.39. The van der Waals surface area contributed by atoms with Crippen LogP contribution in [0, 0.1) is 5.82 Å². The fourth-order valence-electron chi connectivity index (χ4n) is 2.35. The lowest BCUT2D eigenvalue weighted by atomic mass is 9.80. The molecule has 15 heavy (non-hydrogen) atoms. The van der Waals surface area contributed by atoms with E-state index in [9.17, 15) is 4.39 Å². The second-order valence-electron chi connectivity index (χ2n) is 4.20. The predicted octanol–water partition coefficient (Wildman–Crippen LogP) is 3.57. The summed E-state index contributed by atoms with van der Waals surface area (Å²) in [4.78, 5) is 0. The van der Waals surface area contributed by atoms with Gasteiger partial charge in [-0.2, -0.15) is 0 Å². The number of benzene rings is 1. The lowest BCUT2D eigenvalue weighted by Gasteiger charge is -2.29. The maximum Gasteiger partial charge on any atom is 0.140 e. The van der Waals surface area contributed by atoms with Gasteiger partial charge in [-0.15, -0.1) is 0 Å². The van der Waals surface area contributed by atoms with E-state index in [2.05, 4.69) is 15.9 Å². The third kappa shape index (κ3) is 2.23. The van der Waals surface area contributed by atoms with Gasteiger partial charge in [-0.1, -0.05) is 25.0 Å². The molecule has 1 aromatic rings. The molecular formula is C12H15BrFN. The van der Waals surface area contributed by atoms with Crippen LogP contribution in [-0.4, -0.2) is 6.04 Å². The lowest BCUT2D eigenvalue weighted by Crippen LogP contribution is -2.31.